The molecule has 0 radical (unpaired) electrons. The largest absolute Gasteiger partial charge is 0.0617 e. The summed E-state index contributed by atoms with van der Waals surface area (Å²) < 4.78 is 0. The van der Waals surface area contributed by atoms with Gasteiger partial charge in [-0.25, -0.2) is 0 Å². The van der Waals surface area contributed by atoms with Gasteiger partial charge in [0.15, 0.2) is 0 Å². The first-order valence-electron chi connectivity index (χ1n) is 7.59. The molecule has 0 aromatic heterocycles. The summed E-state index contributed by atoms with van der Waals surface area (Å²) in [5, 5.41) is 0. The molecule has 2 rings (SSSR count). The monoisotopic (exact) mass is 276 g/mol. The van der Waals surface area contributed by atoms with Gasteiger partial charge in [-0.3, -0.25) is 0 Å². The standard InChI is InChI=1S/C21H24/c1-16(2)19-12-8-17(9-13-19)6-7-18-10-14-20(15-11-18)21(3,4)5/h8-16H,1-5H3. The van der Waals surface area contributed by atoms with E-state index in [1.807, 2.05) is 0 Å². The molecular formula is C21H24. The van der Waals surface area contributed by atoms with E-state index in [-0.39, 0.29) is 5.41 Å². The van der Waals surface area contributed by atoms with Crippen LogP contribution in [0.15, 0.2) is 48.5 Å². The normalized spacial score (nSPS) is 11.1. The zero-order valence-electron chi connectivity index (χ0n) is 13.7. The van der Waals surface area contributed by atoms with E-state index < -0.39 is 0 Å². The molecule has 0 aliphatic heterocycles. The highest BCUT2D eigenvalue weighted by Crippen LogP contribution is 2.22. The minimum Gasteiger partial charge on any atom is -0.0617 e. The van der Waals surface area contributed by atoms with Crippen molar-refractivity contribution in [2.75, 3.05) is 0 Å². The van der Waals surface area contributed by atoms with Crippen LogP contribution in [-0.4, -0.2) is 0 Å². The molecule has 0 N–H and O–H groups in total. The summed E-state index contributed by atoms with van der Waals surface area (Å²) in [4.78, 5) is 0. The molecule has 0 atom stereocenters. The molecule has 2 aromatic rings. The van der Waals surface area contributed by atoms with Crippen molar-refractivity contribution in [2.24, 2.45) is 0 Å². The van der Waals surface area contributed by atoms with Crippen LogP contribution in [0.4, 0.5) is 0 Å². The molecule has 21 heavy (non-hydrogen) atoms. The highest BCUT2D eigenvalue weighted by atomic mass is 14.2. The SMILES string of the molecule is CC(C)c1ccc(C#Cc2ccc(C(C)(C)C)cc2)cc1. The molecular weight excluding hydrogens is 252 g/mol. The summed E-state index contributed by atoms with van der Waals surface area (Å²) in [5.41, 5.74) is 5.03. The Morgan fingerprint density at radius 1 is 0.714 bits per heavy atom. The van der Waals surface area contributed by atoms with Crippen LogP contribution < -0.4 is 0 Å². The van der Waals surface area contributed by atoms with Crippen molar-refractivity contribution in [1.29, 1.82) is 0 Å². The first-order valence-corrected chi connectivity index (χ1v) is 7.59. The molecule has 0 fully saturated rings. The molecule has 0 bridgehead atoms. The molecule has 0 amide bonds. The molecule has 0 spiro atoms. The van der Waals surface area contributed by atoms with Gasteiger partial charge in [-0.15, -0.1) is 0 Å². The lowest BCUT2D eigenvalue weighted by Crippen LogP contribution is -2.10. The summed E-state index contributed by atoms with van der Waals surface area (Å²) >= 11 is 0. The highest BCUT2D eigenvalue weighted by molar-refractivity contribution is 5.44. The lowest BCUT2D eigenvalue weighted by atomic mass is 9.87. The van der Waals surface area contributed by atoms with E-state index in [4.69, 9.17) is 0 Å². The quantitative estimate of drug-likeness (QED) is 0.603. The van der Waals surface area contributed by atoms with Crippen LogP contribution in [0.1, 0.15) is 62.8 Å². The molecule has 0 saturated carbocycles. The lowest BCUT2D eigenvalue weighted by molar-refractivity contribution is 0.590. The summed E-state index contributed by atoms with van der Waals surface area (Å²) in [6.45, 7) is 11.1. The van der Waals surface area contributed by atoms with Crippen molar-refractivity contribution in [1.82, 2.24) is 0 Å². The zero-order chi connectivity index (χ0) is 15.5. The zero-order valence-corrected chi connectivity index (χ0v) is 13.7. The fourth-order valence-corrected chi connectivity index (χ4v) is 2.15. The van der Waals surface area contributed by atoms with Gasteiger partial charge in [0.05, 0.1) is 0 Å². The third kappa shape index (κ3) is 4.23. The number of hydrogen-bond donors (Lipinski definition) is 0. The van der Waals surface area contributed by atoms with Crippen molar-refractivity contribution in [3.63, 3.8) is 0 Å². The van der Waals surface area contributed by atoms with Gasteiger partial charge in [0.1, 0.15) is 0 Å². The van der Waals surface area contributed by atoms with Crippen LogP contribution in [0.5, 0.6) is 0 Å². The van der Waals surface area contributed by atoms with Crippen molar-refractivity contribution in [3.8, 4) is 11.8 Å². The Hall–Kier alpha value is -2.00. The third-order valence-electron chi connectivity index (χ3n) is 3.68. The van der Waals surface area contributed by atoms with E-state index in [9.17, 15) is 0 Å². The fraction of sp³-hybridized carbons (Fsp3) is 0.333. The maximum atomic E-state index is 3.24. The van der Waals surface area contributed by atoms with Crippen LogP contribution in [0.25, 0.3) is 0 Å². The predicted octanol–water partition coefficient (Wildman–Crippen LogP) is 5.51. The van der Waals surface area contributed by atoms with Crippen LogP contribution in [0, 0.1) is 11.8 Å². The molecule has 0 saturated heterocycles. The molecule has 0 heterocycles. The van der Waals surface area contributed by atoms with E-state index in [1.165, 1.54) is 11.1 Å². The third-order valence-corrected chi connectivity index (χ3v) is 3.68. The Kier molecular flexibility index (Phi) is 4.53. The van der Waals surface area contributed by atoms with E-state index in [2.05, 4.69) is 95.0 Å². The maximum absolute atomic E-state index is 3.24. The minimum atomic E-state index is 0.193. The number of benzene rings is 2. The first-order chi connectivity index (χ1) is 9.86. The van der Waals surface area contributed by atoms with Gasteiger partial charge >= 0.3 is 0 Å². The van der Waals surface area contributed by atoms with Gasteiger partial charge in [0.2, 0.25) is 0 Å². The second kappa shape index (κ2) is 6.19. The number of rotatable bonds is 1. The molecule has 108 valence electrons. The molecule has 0 nitrogen and oxygen atoms in total. The van der Waals surface area contributed by atoms with E-state index in [0.717, 1.165) is 11.1 Å². The molecule has 0 heteroatoms. The summed E-state index contributed by atoms with van der Waals surface area (Å²) in [7, 11) is 0. The Morgan fingerprint density at radius 3 is 1.52 bits per heavy atom. The molecule has 0 aliphatic rings. The Morgan fingerprint density at radius 2 is 1.14 bits per heavy atom. The van der Waals surface area contributed by atoms with Gasteiger partial charge in [0.25, 0.3) is 0 Å². The summed E-state index contributed by atoms with van der Waals surface area (Å²) in [6.07, 6.45) is 0. The van der Waals surface area contributed by atoms with Crippen molar-refractivity contribution in [2.45, 2.75) is 46.0 Å². The topological polar surface area (TPSA) is 0 Å². The average Bonchev–Trinajstić information content (AvgIpc) is 2.45. The Balaban J connectivity index is 2.15. The fourth-order valence-electron chi connectivity index (χ4n) is 2.15. The van der Waals surface area contributed by atoms with E-state index >= 15 is 0 Å². The second-order valence-corrected chi connectivity index (χ2v) is 6.85. The van der Waals surface area contributed by atoms with Crippen LogP contribution >= 0.6 is 0 Å². The first kappa shape index (κ1) is 15.4. The van der Waals surface area contributed by atoms with Gasteiger partial charge in [-0.05, 0) is 46.7 Å². The highest BCUT2D eigenvalue weighted by Gasteiger charge is 2.12. The minimum absolute atomic E-state index is 0.193. The predicted molar refractivity (Wildman–Crippen MR) is 91.7 cm³/mol. The molecule has 0 aliphatic carbocycles. The summed E-state index contributed by atoms with van der Waals surface area (Å²) in [6, 6.07) is 17.1. The van der Waals surface area contributed by atoms with Crippen molar-refractivity contribution in [3.05, 3.63) is 70.8 Å². The Bertz CT molecular complexity index is 638. The van der Waals surface area contributed by atoms with Gasteiger partial charge in [-0.2, -0.15) is 0 Å². The second-order valence-electron chi connectivity index (χ2n) is 6.85. The van der Waals surface area contributed by atoms with Crippen LogP contribution in [-0.2, 0) is 5.41 Å². The molecule has 2 aromatic carbocycles. The van der Waals surface area contributed by atoms with E-state index in [1.54, 1.807) is 0 Å². The van der Waals surface area contributed by atoms with Crippen LogP contribution in [0.3, 0.4) is 0 Å². The average molecular weight is 276 g/mol. The smallest absolute Gasteiger partial charge is 0.0249 e. The van der Waals surface area contributed by atoms with Crippen LogP contribution in [0.2, 0.25) is 0 Å². The Labute approximate surface area is 129 Å². The summed E-state index contributed by atoms with van der Waals surface area (Å²) in [5.74, 6) is 7.04. The van der Waals surface area contributed by atoms with Crippen molar-refractivity contribution < 1.29 is 0 Å². The molecule has 0 unspecified atom stereocenters. The van der Waals surface area contributed by atoms with E-state index in [0.29, 0.717) is 5.92 Å². The van der Waals surface area contributed by atoms with Gasteiger partial charge < -0.3 is 0 Å². The maximum Gasteiger partial charge on any atom is 0.0249 e. The van der Waals surface area contributed by atoms with Gasteiger partial charge in [-0.1, -0.05) is 70.7 Å². The van der Waals surface area contributed by atoms with Crippen molar-refractivity contribution >= 4 is 0 Å². The number of hydrogen-bond acceptors (Lipinski definition) is 0. The lowest BCUT2D eigenvalue weighted by Gasteiger charge is -2.18. The van der Waals surface area contributed by atoms with Gasteiger partial charge in [0, 0.05) is 11.1 Å².